The molecule has 0 spiro atoms. The van der Waals surface area contributed by atoms with Gasteiger partial charge in [0.15, 0.2) is 0 Å². The average molecular weight is 232 g/mol. The number of hydrogen-bond donors (Lipinski definition) is 1. The van der Waals surface area contributed by atoms with Crippen molar-refractivity contribution in [1.82, 2.24) is 9.97 Å². The number of thioether (sulfide) groups is 1. The van der Waals surface area contributed by atoms with Crippen LogP contribution in [-0.2, 0) is 0 Å². The van der Waals surface area contributed by atoms with Crippen LogP contribution in [0.15, 0.2) is 12.4 Å². The topological polar surface area (TPSA) is 37.8 Å². The van der Waals surface area contributed by atoms with Gasteiger partial charge in [-0.3, -0.25) is 0 Å². The first-order valence-electron chi connectivity index (χ1n) is 4.30. The van der Waals surface area contributed by atoms with E-state index in [4.69, 9.17) is 11.6 Å². The fraction of sp³-hybridized carbons (Fsp3) is 0.556. The van der Waals surface area contributed by atoms with Crippen LogP contribution >= 0.6 is 23.4 Å². The standard InChI is InChI=1S/C9H14ClN3S/c1-9(2,14-3)6-13-8-11-4-7(10)5-12-8/h4-5H,6H2,1-3H3,(H,11,12,13). The van der Waals surface area contributed by atoms with Gasteiger partial charge in [-0.25, -0.2) is 9.97 Å². The first-order chi connectivity index (χ1) is 6.53. The maximum absolute atomic E-state index is 5.67. The lowest BCUT2D eigenvalue weighted by molar-refractivity contribution is 0.746. The summed E-state index contributed by atoms with van der Waals surface area (Å²) < 4.78 is 0.184. The molecule has 0 radical (unpaired) electrons. The molecule has 0 unspecified atom stereocenters. The summed E-state index contributed by atoms with van der Waals surface area (Å²) in [6.07, 6.45) is 5.26. The Morgan fingerprint density at radius 3 is 2.50 bits per heavy atom. The smallest absolute Gasteiger partial charge is 0.222 e. The summed E-state index contributed by atoms with van der Waals surface area (Å²) in [7, 11) is 0. The molecular formula is C9H14ClN3S. The Hall–Kier alpha value is -0.480. The molecule has 14 heavy (non-hydrogen) atoms. The van der Waals surface area contributed by atoms with Gasteiger partial charge < -0.3 is 5.32 Å². The molecule has 78 valence electrons. The van der Waals surface area contributed by atoms with E-state index in [1.54, 1.807) is 24.2 Å². The van der Waals surface area contributed by atoms with Gasteiger partial charge in [0.05, 0.1) is 17.4 Å². The Morgan fingerprint density at radius 2 is 2.00 bits per heavy atom. The van der Waals surface area contributed by atoms with Crippen molar-refractivity contribution in [2.45, 2.75) is 18.6 Å². The third-order valence-electron chi connectivity index (χ3n) is 1.85. The minimum atomic E-state index is 0.184. The minimum Gasteiger partial charge on any atom is -0.353 e. The quantitative estimate of drug-likeness (QED) is 0.865. The molecule has 0 saturated carbocycles. The van der Waals surface area contributed by atoms with Gasteiger partial charge in [0, 0.05) is 11.3 Å². The summed E-state index contributed by atoms with van der Waals surface area (Å²) in [4.78, 5) is 8.10. The maximum atomic E-state index is 5.67. The van der Waals surface area contributed by atoms with Crippen molar-refractivity contribution in [2.75, 3.05) is 18.1 Å². The highest BCUT2D eigenvalue weighted by atomic mass is 35.5. The molecule has 1 heterocycles. The van der Waals surface area contributed by atoms with Gasteiger partial charge in [-0.05, 0) is 20.1 Å². The van der Waals surface area contributed by atoms with Crippen LogP contribution in [0.3, 0.4) is 0 Å². The number of aromatic nitrogens is 2. The molecule has 0 aromatic carbocycles. The van der Waals surface area contributed by atoms with Crippen LogP contribution in [0.25, 0.3) is 0 Å². The second kappa shape index (κ2) is 4.84. The monoisotopic (exact) mass is 231 g/mol. The van der Waals surface area contributed by atoms with Crippen LogP contribution in [0.5, 0.6) is 0 Å². The second-order valence-corrected chi connectivity index (χ2v) is 5.49. The van der Waals surface area contributed by atoms with Crippen molar-refractivity contribution in [3.63, 3.8) is 0 Å². The predicted molar refractivity (Wildman–Crippen MR) is 63.1 cm³/mol. The fourth-order valence-corrected chi connectivity index (χ4v) is 1.08. The Kier molecular flexibility index (Phi) is 4.01. The van der Waals surface area contributed by atoms with Gasteiger partial charge in [-0.2, -0.15) is 11.8 Å². The number of halogens is 1. The molecule has 0 aliphatic rings. The zero-order valence-corrected chi connectivity index (χ0v) is 10.1. The Balaban J connectivity index is 2.50. The van der Waals surface area contributed by atoms with Crippen molar-refractivity contribution < 1.29 is 0 Å². The predicted octanol–water partition coefficient (Wildman–Crippen LogP) is 2.68. The first kappa shape index (κ1) is 11.6. The third-order valence-corrected chi connectivity index (χ3v) is 3.29. The normalized spacial score (nSPS) is 11.4. The van der Waals surface area contributed by atoms with Crippen LogP contribution in [0.4, 0.5) is 5.95 Å². The highest BCUT2D eigenvalue weighted by molar-refractivity contribution is 7.99. The molecule has 0 saturated heterocycles. The molecule has 0 aliphatic carbocycles. The molecule has 0 bridgehead atoms. The maximum Gasteiger partial charge on any atom is 0.222 e. The lowest BCUT2D eigenvalue weighted by atomic mass is 10.2. The van der Waals surface area contributed by atoms with Gasteiger partial charge in [-0.15, -0.1) is 0 Å². The van der Waals surface area contributed by atoms with Crippen molar-refractivity contribution in [1.29, 1.82) is 0 Å². The van der Waals surface area contributed by atoms with Crippen LogP contribution < -0.4 is 5.32 Å². The highest BCUT2D eigenvalue weighted by Gasteiger charge is 2.15. The summed E-state index contributed by atoms with van der Waals surface area (Å²) in [5, 5.41) is 3.72. The molecule has 1 rings (SSSR count). The van der Waals surface area contributed by atoms with Crippen LogP contribution in [0.2, 0.25) is 5.02 Å². The van der Waals surface area contributed by atoms with Gasteiger partial charge in [0.1, 0.15) is 0 Å². The molecular weight excluding hydrogens is 218 g/mol. The Morgan fingerprint density at radius 1 is 1.43 bits per heavy atom. The second-order valence-electron chi connectivity index (χ2n) is 3.54. The molecule has 0 amide bonds. The van der Waals surface area contributed by atoms with Crippen molar-refractivity contribution in [2.24, 2.45) is 0 Å². The van der Waals surface area contributed by atoms with E-state index < -0.39 is 0 Å². The number of nitrogens with zero attached hydrogens (tertiary/aromatic N) is 2. The number of anilines is 1. The number of rotatable bonds is 4. The molecule has 1 aromatic rings. The van der Waals surface area contributed by atoms with E-state index in [0.29, 0.717) is 11.0 Å². The van der Waals surface area contributed by atoms with Crippen LogP contribution in [0.1, 0.15) is 13.8 Å². The summed E-state index contributed by atoms with van der Waals surface area (Å²) in [6, 6.07) is 0. The van der Waals surface area contributed by atoms with Crippen molar-refractivity contribution in [3.05, 3.63) is 17.4 Å². The largest absolute Gasteiger partial charge is 0.353 e. The van der Waals surface area contributed by atoms with E-state index >= 15 is 0 Å². The van der Waals surface area contributed by atoms with E-state index in [2.05, 4.69) is 35.4 Å². The van der Waals surface area contributed by atoms with Gasteiger partial charge in [-0.1, -0.05) is 11.6 Å². The van der Waals surface area contributed by atoms with E-state index in [1.807, 2.05) is 0 Å². The number of nitrogens with one attached hydrogen (secondary N) is 1. The zero-order chi connectivity index (χ0) is 10.6. The SMILES string of the molecule is CSC(C)(C)CNc1ncc(Cl)cn1. The first-order valence-corrected chi connectivity index (χ1v) is 5.90. The molecule has 0 aliphatic heterocycles. The molecule has 3 nitrogen and oxygen atoms in total. The van der Waals surface area contributed by atoms with Crippen molar-refractivity contribution in [3.8, 4) is 0 Å². The van der Waals surface area contributed by atoms with Gasteiger partial charge in [0.25, 0.3) is 0 Å². The number of hydrogen-bond acceptors (Lipinski definition) is 4. The summed E-state index contributed by atoms with van der Waals surface area (Å²) in [5.41, 5.74) is 0. The van der Waals surface area contributed by atoms with Gasteiger partial charge in [0.2, 0.25) is 5.95 Å². The van der Waals surface area contributed by atoms with E-state index in [1.165, 1.54) is 0 Å². The zero-order valence-electron chi connectivity index (χ0n) is 8.54. The van der Waals surface area contributed by atoms with Crippen LogP contribution in [0, 0.1) is 0 Å². The van der Waals surface area contributed by atoms with Crippen molar-refractivity contribution >= 4 is 29.3 Å². The highest BCUT2D eigenvalue weighted by Crippen LogP contribution is 2.20. The fourth-order valence-electron chi connectivity index (χ4n) is 0.768. The molecule has 1 N–H and O–H groups in total. The summed E-state index contributed by atoms with van der Waals surface area (Å²) in [6.45, 7) is 5.16. The third kappa shape index (κ3) is 3.72. The minimum absolute atomic E-state index is 0.184. The molecule has 1 aromatic heterocycles. The summed E-state index contributed by atoms with van der Waals surface area (Å²) in [5.74, 6) is 0.622. The van der Waals surface area contributed by atoms with E-state index in [-0.39, 0.29) is 4.75 Å². The van der Waals surface area contributed by atoms with E-state index in [9.17, 15) is 0 Å². The Labute approximate surface area is 93.7 Å². The molecule has 0 fully saturated rings. The molecule has 5 heteroatoms. The summed E-state index contributed by atoms with van der Waals surface area (Å²) >= 11 is 7.48. The van der Waals surface area contributed by atoms with Crippen LogP contribution in [-0.4, -0.2) is 27.5 Å². The lowest BCUT2D eigenvalue weighted by Gasteiger charge is -2.21. The Bertz CT molecular complexity index is 287. The van der Waals surface area contributed by atoms with E-state index in [0.717, 1.165) is 6.54 Å². The average Bonchev–Trinajstić information content (AvgIpc) is 2.17. The van der Waals surface area contributed by atoms with Gasteiger partial charge >= 0.3 is 0 Å². The lowest BCUT2D eigenvalue weighted by Crippen LogP contribution is -2.26. The molecule has 0 atom stereocenters.